The van der Waals surface area contributed by atoms with E-state index in [1.54, 1.807) is 12.4 Å². The van der Waals surface area contributed by atoms with Gasteiger partial charge in [-0.1, -0.05) is 19.1 Å². The van der Waals surface area contributed by atoms with Crippen LogP contribution in [0.25, 0.3) is 0 Å². The first-order valence-electron chi connectivity index (χ1n) is 7.96. The number of carbonyl (C=O) groups is 1. The summed E-state index contributed by atoms with van der Waals surface area (Å²) in [7, 11) is 0. The Bertz CT molecular complexity index is 652. The quantitative estimate of drug-likeness (QED) is 0.871. The van der Waals surface area contributed by atoms with Crippen molar-refractivity contribution in [3.05, 3.63) is 54.4 Å². The summed E-state index contributed by atoms with van der Waals surface area (Å²) in [5.74, 6) is 1.23. The molecular formula is C18H21N3O2. The predicted molar refractivity (Wildman–Crippen MR) is 88.8 cm³/mol. The molecule has 0 spiro atoms. The summed E-state index contributed by atoms with van der Waals surface area (Å²) in [5, 5.41) is 0. The molecule has 0 aliphatic carbocycles. The van der Waals surface area contributed by atoms with Crippen molar-refractivity contribution in [2.45, 2.75) is 6.92 Å². The summed E-state index contributed by atoms with van der Waals surface area (Å²) < 4.78 is 5.84. The van der Waals surface area contributed by atoms with Gasteiger partial charge in [0.25, 0.3) is 5.91 Å². The second-order valence-corrected chi connectivity index (χ2v) is 5.51. The van der Waals surface area contributed by atoms with E-state index in [-0.39, 0.29) is 5.91 Å². The fraction of sp³-hybridized carbons (Fsp3) is 0.333. The Hall–Kier alpha value is -2.40. The van der Waals surface area contributed by atoms with Crippen molar-refractivity contribution in [3.63, 3.8) is 0 Å². The van der Waals surface area contributed by atoms with Crippen LogP contribution in [-0.2, 0) is 0 Å². The third kappa shape index (κ3) is 3.68. The highest BCUT2D eigenvalue weighted by Crippen LogP contribution is 2.26. The molecule has 1 aliphatic rings. The number of piperazine rings is 1. The van der Waals surface area contributed by atoms with Gasteiger partial charge < -0.3 is 14.5 Å². The van der Waals surface area contributed by atoms with Gasteiger partial charge in [-0.2, -0.15) is 0 Å². The third-order valence-corrected chi connectivity index (χ3v) is 4.09. The fourth-order valence-electron chi connectivity index (χ4n) is 2.70. The van der Waals surface area contributed by atoms with Crippen LogP contribution < -0.4 is 4.74 Å². The lowest BCUT2D eigenvalue weighted by Gasteiger charge is -2.34. The van der Waals surface area contributed by atoms with Crippen molar-refractivity contribution < 1.29 is 9.53 Å². The van der Waals surface area contributed by atoms with Gasteiger partial charge in [0.2, 0.25) is 0 Å². The van der Waals surface area contributed by atoms with Crippen LogP contribution in [0.1, 0.15) is 17.3 Å². The van der Waals surface area contributed by atoms with Crippen molar-refractivity contribution >= 4 is 5.91 Å². The highest BCUT2D eigenvalue weighted by molar-refractivity contribution is 5.97. The minimum absolute atomic E-state index is 0.0280. The molecule has 1 fully saturated rings. The van der Waals surface area contributed by atoms with Crippen LogP contribution in [0.2, 0.25) is 0 Å². The van der Waals surface area contributed by atoms with Crippen molar-refractivity contribution in [1.82, 2.24) is 14.8 Å². The van der Waals surface area contributed by atoms with Gasteiger partial charge in [-0.3, -0.25) is 9.78 Å². The number of rotatable bonds is 4. The Balaban J connectivity index is 1.76. The minimum Gasteiger partial charge on any atom is -0.455 e. The molecular weight excluding hydrogens is 290 g/mol. The standard InChI is InChI=1S/C18H21N3O2/c1-2-20-10-12-21(13-11-20)18(22)16-7-3-4-8-17(16)23-15-6-5-9-19-14-15/h3-9,14H,2,10-13H2,1H3. The second kappa shape index (κ2) is 7.24. The highest BCUT2D eigenvalue weighted by Gasteiger charge is 2.23. The lowest BCUT2D eigenvalue weighted by atomic mass is 10.1. The smallest absolute Gasteiger partial charge is 0.257 e. The lowest BCUT2D eigenvalue weighted by molar-refractivity contribution is 0.0641. The van der Waals surface area contributed by atoms with E-state index in [1.165, 1.54) is 0 Å². The molecule has 2 heterocycles. The van der Waals surface area contributed by atoms with Gasteiger partial charge in [0.05, 0.1) is 11.8 Å². The first kappa shape index (κ1) is 15.5. The molecule has 1 aliphatic heterocycles. The van der Waals surface area contributed by atoms with Crippen LogP contribution in [-0.4, -0.2) is 53.4 Å². The van der Waals surface area contributed by atoms with Crippen LogP contribution in [0.3, 0.4) is 0 Å². The van der Waals surface area contributed by atoms with Crippen LogP contribution >= 0.6 is 0 Å². The molecule has 1 aromatic carbocycles. The maximum absolute atomic E-state index is 12.8. The molecule has 120 valence electrons. The number of amides is 1. The zero-order valence-corrected chi connectivity index (χ0v) is 13.3. The first-order valence-corrected chi connectivity index (χ1v) is 7.96. The van der Waals surface area contributed by atoms with E-state index in [0.717, 1.165) is 32.7 Å². The molecule has 5 nitrogen and oxygen atoms in total. The number of carbonyl (C=O) groups excluding carboxylic acids is 1. The molecule has 5 heteroatoms. The number of ether oxygens (including phenoxy) is 1. The van der Waals surface area contributed by atoms with E-state index < -0.39 is 0 Å². The summed E-state index contributed by atoms with van der Waals surface area (Å²) in [4.78, 5) is 21.1. The Morgan fingerprint density at radius 3 is 2.61 bits per heavy atom. The Kier molecular flexibility index (Phi) is 4.88. The summed E-state index contributed by atoms with van der Waals surface area (Å²) in [6.45, 7) is 6.54. The summed E-state index contributed by atoms with van der Waals surface area (Å²) in [5.41, 5.74) is 0.598. The van der Waals surface area contributed by atoms with Gasteiger partial charge in [-0.05, 0) is 30.8 Å². The average Bonchev–Trinajstić information content (AvgIpc) is 2.62. The SMILES string of the molecule is CCN1CCN(C(=O)c2ccccc2Oc2cccnc2)CC1. The topological polar surface area (TPSA) is 45.7 Å². The van der Waals surface area contributed by atoms with Gasteiger partial charge in [0.1, 0.15) is 11.5 Å². The molecule has 23 heavy (non-hydrogen) atoms. The maximum Gasteiger partial charge on any atom is 0.257 e. The van der Waals surface area contributed by atoms with E-state index in [2.05, 4.69) is 16.8 Å². The van der Waals surface area contributed by atoms with Crippen LogP contribution in [0.5, 0.6) is 11.5 Å². The monoisotopic (exact) mass is 311 g/mol. The summed E-state index contributed by atoms with van der Waals surface area (Å²) in [6, 6.07) is 11.0. The van der Waals surface area contributed by atoms with Gasteiger partial charge in [-0.15, -0.1) is 0 Å². The molecule has 1 amide bonds. The Morgan fingerprint density at radius 2 is 1.91 bits per heavy atom. The van der Waals surface area contributed by atoms with Crippen LogP contribution in [0.4, 0.5) is 0 Å². The highest BCUT2D eigenvalue weighted by atomic mass is 16.5. The normalized spacial score (nSPS) is 15.4. The van der Waals surface area contributed by atoms with E-state index >= 15 is 0 Å². The predicted octanol–water partition coefficient (Wildman–Crippen LogP) is 2.65. The minimum atomic E-state index is 0.0280. The van der Waals surface area contributed by atoms with Crippen molar-refractivity contribution in [3.8, 4) is 11.5 Å². The molecule has 1 aromatic heterocycles. The number of benzene rings is 1. The molecule has 0 atom stereocenters. The van der Waals surface area contributed by atoms with Gasteiger partial charge in [0.15, 0.2) is 0 Å². The van der Waals surface area contributed by atoms with E-state index in [4.69, 9.17) is 4.74 Å². The molecule has 1 saturated heterocycles. The molecule has 0 bridgehead atoms. The van der Waals surface area contributed by atoms with Gasteiger partial charge in [-0.25, -0.2) is 0 Å². The Morgan fingerprint density at radius 1 is 1.13 bits per heavy atom. The molecule has 0 radical (unpaired) electrons. The van der Waals surface area contributed by atoms with Crippen molar-refractivity contribution in [2.24, 2.45) is 0 Å². The first-order chi connectivity index (χ1) is 11.3. The van der Waals surface area contributed by atoms with Gasteiger partial charge >= 0.3 is 0 Å². The number of aromatic nitrogens is 1. The fourth-order valence-corrected chi connectivity index (χ4v) is 2.70. The number of pyridine rings is 1. The van der Waals surface area contributed by atoms with Gasteiger partial charge in [0, 0.05) is 32.4 Å². The van der Waals surface area contributed by atoms with Crippen LogP contribution in [0.15, 0.2) is 48.8 Å². The Labute approximate surface area is 136 Å². The molecule has 2 aromatic rings. The average molecular weight is 311 g/mol. The van der Waals surface area contributed by atoms with E-state index in [0.29, 0.717) is 17.1 Å². The van der Waals surface area contributed by atoms with Crippen molar-refractivity contribution in [1.29, 1.82) is 0 Å². The number of nitrogens with zero attached hydrogens (tertiary/aromatic N) is 3. The number of hydrogen-bond donors (Lipinski definition) is 0. The number of hydrogen-bond acceptors (Lipinski definition) is 4. The number of para-hydroxylation sites is 1. The largest absolute Gasteiger partial charge is 0.455 e. The summed E-state index contributed by atoms with van der Waals surface area (Å²) in [6.07, 6.45) is 3.33. The van der Waals surface area contributed by atoms with Crippen molar-refractivity contribution in [2.75, 3.05) is 32.7 Å². The van der Waals surface area contributed by atoms with E-state index in [1.807, 2.05) is 41.3 Å². The number of likely N-dealkylation sites (N-methyl/N-ethyl adjacent to an activating group) is 1. The summed E-state index contributed by atoms with van der Waals surface area (Å²) >= 11 is 0. The second-order valence-electron chi connectivity index (χ2n) is 5.51. The third-order valence-electron chi connectivity index (χ3n) is 4.09. The zero-order valence-electron chi connectivity index (χ0n) is 13.3. The molecule has 0 saturated carbocycles. The zero-order chi connectivity index (χ0) is 16.1. The lowest BCUT2D eigenvalue weighted by Crippen LogP contribution is -2.48. The molecule has 0 unspecified atom stereocenters. The van der Waals surface area contributed by atoms with E-state index in [9.17, 15) is 4.79 Å². The van der Waals surface area contributed by atoms with Crippen LogP contribution in [0, 0.1) is 0 Å². The molecule has 3 rings (SSSR count). The molecule has 0 N–H and O–H groups in total. The maximum atomic E-state index is 12.8.